The molecule has 1 aromatic carbocycles. The SMILES string of the molecule is N=C1N=C2C(N=CN2[C@@H]2O[C@H](COC(=O)NCCc3c[nH]c4ccccc34)C(O)[C@@H]2O)C(=O)N1. The van der Waals surface area contributed by atoms with Crippen LogP contribution in [-0.4, -0.2) is 94.0 Å². The summed E-state index contributed by atoms with van der Waals surface area (Å²) in [5.41, 5.74) is 2.08. The molecule has 13 heteroatoms. The minimum absolute atomic E-state index is 0.113. The van der Waals surface area contributed by atoms with Crippen LogP contribution in [-0.2, 0) is 20.7 Å². The zero-order valence-electron chi connectivity index (χ0n) is 17.8. The maximum atomic E-state index is 12.1. The van der Waals surface area contributed by atoms with Gasteiger partial charge in [-0.2, -0.15) is 4.99 Å². The number of amidine groups is 1. The molecule has 3 aliphatic rings. The Bertz CT molecular complexity index is 1190. The lowest BCUT2D eigenvalue weighted by Gasteiger charge is -2.28. The van der Waals surface area contributed by atoms with Gasteiger partial charge in [0.2, 0.25) is 5.96 Å². The van der Waals surface area contributed by atoms with Crippen molar-refractivity contribution < 1.29 is 29.3 Å². The molecule has 1 fully saturated rings. The smallest absolute Gasteiger partial charge is 0.407 e. The summed E-state index contributed by atoms with van der Waals surface area (Å²) in [6.07, 6.45) is -1.77. The van der Waals surface area contributed by atoms with Gasteiger partial charge in [0.05, 0.1) is 6.34 Å². The number of benzene rings is 1. The minimum atomic E-state index is -1.38. The van der Waals surface area contributed by atoms with Gasteiger partial charge in [-0.1, -0.05) is 18.2 Å². The first kappa shape index (κ1) is 22.0. The third-order valence-corrected chi connectivity index (χ3v) is 5.89. The van der Waals surface area contributed by atoms with Crippen LogP contribution in [0.5, 0.6) is 0 Å². The number of nitrogens with one attached hydrogen (secondary N) is 4. The number of carbonyl (C=O) groups excluding carboxylic acids is 2. The normalized spacial score (nSPS) is 28.1. The Labute approximate surface area is 193 Å². The van der Waals surface area contributed by atoms with Gasteiger partial charge in [0, 0.05) is 23.6 Å². The molecule has 1 aromatic heterocycles. The number of para-hydroxylation sites is 1. The van der Waals surface area contributed by atoms with Crippen LogP contribution in [0.4, 0.5) is 4.79 Å². The molecule has 2 unspecified atom stereocenters. The Morgan fingerprint density at radius 3 is 2.97 bits per heavy atom. The number of hydrogen-bond donors (Lipinski definition) is 6. The maximum absolute atomic E-state index is 12.1. The van der Waals surface area contributed by atoms with E-state index in [-0.39, 0.29) is 18.4 Å². The molecule has 5 rings (SSSR count). The fraction of sp³-hybridized carbons (Fsp3) is 0.381. The van der Waals surface area contributed by atoms with Gasteiger partial charge in [-0.05, 0) is 18.1 Å². The topological polar surface area (TPSA) is 185 Å². The second-order valence-electron chi connectivity index (χ2n) is 8.06. The number of aliphatic hydroxyl groups excluding tert-OH is 2. The zero-order valence-corrected chi connectivity index (χ0v) is 17.8. The molecule has 13 nitrogen and oxygen atoms in total. The lowest BCUT2D eigenvalue weighted by Crippen LogP contribution is -2.53. The summed E-state index contributed by atoms with van der Waals surface area (Å²) >= 11 is 0. The highest BCUT2D eigenvalue weighted by Crippen LogP contribution is 2.27. The molecule has 0 spiro atoms. The summed E-state index contributed by atoms with van der Waals surface area (Å²) in [6, 6.07) is 6.91. The molecule has 2 aromatic rings. The van der Waals surface area contributed by atoms with Gasteiger partial charge in [0.1, 0.15) is 24.9 Å². The number of fused-ring (bicyclic) bond motifs is 2. The quantitative estimate of drug-likeness (QED) is 0.315. The number of rotatable bonds is 6. The molecule has 34 heavy (non-hydrogen) atoms. The monoisotopic (exact) mass is 469 g/mol. The van der Waals surface area contributed by atoms with Crippen LogP contribution >= 0.6 is 0 Å². The van der Waals surface area contributed by atoms with Crippen molar-refractivity contribution in [1.29, 1.82) is 5.41 Å². The fourth-order valence-corrected chi connectivity index (χ4v) is 4.18. The molecular weight excluding hydrogens is 446 g/mol. The molecule has 2 amide bonds. The van der Waals surface area contributed by atoms with E-state index in [2.05, 4.69) is 25.6 Å². The first-order chi connectivity index (χ1) is 16.4. The van der Waals surface area contributed by atoms with E-state index in [0.29, 0.717) is 13.0 Å². The minimum Gasteiger partial charge on any atom is -0.447 e. The highest BCUT2D eigenvalue weighted by atomic mass is 16.6. The van der Waals surface area contributed by atoms with Crippen LogP contribution in [0.1, 0.15) is 5.56 Å². The van der Waals surface area contributed by atoms with Crippen molar-refractivity contribution in [2.24, 2.45) is 9.98 Å². The summed E-state index contributed by atoms with van der Waals surface area (Å²) in [6.45, 7) is 0.0460. The molecule has 178 valence electrons. The summed E-state index contributed by atoms with van der Waals surface area (Å²) in [5.74, 6) is -0.767. The molecule has 0 saturated carbocycles. The van der Waals surface area contributed by atoms with Crippen LogP contribution in [0.25, 0.3) is 10.9 Å². The number of alkyl carbamates (subject to hydrolysis) is 1. The molecule has 6 N–H and O–H groups in total. The van der Waals surface area contributed by atoms with Gasteiger partial charge in [0.25, 0.3) is 5.91 Å². The number of nitrogens with zero attached hydrogens (tertiary/aromatic N) is 3. The number of aromatic amines is 1. The maximum Gasteiger partial charge on any atom is 0.407 e. The van der Waals surface area contributed by atoms with Crippen LogP contribution in [0.3, 0.4) is 0 Å². The number of guanidine groups is 1. The number of aromatic nitrogens is 1. The molecule has 1 saturated heterocycles. The van der Waals surface area contributed by atoms with Crippen molar-refractivity contribution in [3.05, 3.63) is 36.0 Å². The number of aliphatic hydroxyl groups is 2. The second kappa shape index (κ2) is 8.85. The van der Waals surface area contributed by atoms with Gasteiger partial charge in [0.15, 0.2) is 18.1 Å². The van der Waals surface area contributed by atoms with E-state index in [9.17, 15) is 19.8 Å². The van der Waals surface area contributed by atoms with Crippen LogP contribution in [0.2, 0.25) is 0 Å². The largest absolute Gasteiger partial charge is 0.447 e. The highest BCUT2D eigenvalue weighted by molar-refractivity contribution is 6.23. The number of aliphatic imine (C=N–C) groups is 2. The Kier molecular flexibility index (Phi) is 5.73. The lowest BCUT2D eigenvalue weighted by atomic mass is 10.1. The Morgan fingerprint density at radius 2 is 2.12 bits per heavy atom. The van der Waals surface area contributed by atoms with Gasteiger partial charge in [-0.3, -0.25) is 25.4 Å². The van der Waals surface area contributed by atoms with Crippen molar-refractivity contribution in [1.82, 2.24) is 20.5 Å². The van der Waals surface area contributed by atoms with E-state index in [0.717, 1.165) is 16.5 Å². The van der Waals surface area contributed by atoms with E-state index in [1.54, 1.807) is 0 Å². The zero-order chi connectivity index (χ0) is 23.8. The molecular formula is C21H23N7O6. The predicted octanol–water partition coefficient (Wildman–Crippen LogP) is -0.941. The molecule has 0 aliphatic carbocycles. The molecule has 0 radical (unpaired) electrons. The first-order valence-electron chi connectivity index (χ1n) is 10.7. The van der Waals surface area contributed by atoms with Crippen LogP contribution in [0, 0.1) is 5.41 Å². The van der Waals surface area contributed by atoms with Gasteiger partial charge in [-0.25, -0.2) is 4.79 Å². The van der Waals surface area contributed by atoms with E-state index in [4.69, 9.17) is 14.9 Å². The third kappa shape index (κ3) is 4.00. The number of amides is 2. The Morgan fingerprint density at radius 1 is 1.29 bits per heavy atom. The average molecular weight is 469 g/mol. The standard InChI is InChI=1S/C21H23N7O6/c22-20-26-17-14(18(31)27-20)25-9-28(17)19-16(30)15(29)13(34-19)8-33-21(32)23-6-5-10-7-24-12-4-2-1-3-11(10)12/h1-4,7,9,13-16,19,24,29-30H,5-6,8H2,(H,23,32)(H2,22,27,31)/t13-,14?,15?,16+,19-/m1/s1. The van der Waals surface area contributed by atoms with E-state index in [1.807, 2.05) is 30.5 Å². The van der Waals surface area contributed by atoms with Gasteiger partial charge < -0.3 is 30.0 Å². The van der Waals surface area contributed by atoms with Gasteiger partial charge in [-0.15, -0.1) is 0 Å². The predicted molar refractivity (Wildman–Crippen MR) is 119 cm³/mol. The Hall–Kier alpha value is -3.81. The number of ether oxygens (including phenoxy) is 2. The van der Waals surface area contributed by atoms with Crippen molar-refractivity contribution in [2.45, 2.75) is 37.0 Å². The molecule has 0 bridgehead atoms. The number of carbonyl (C=O) groups is 2. The first-order valence-corrected chi connectivity index (χ1v) is 10.7. The summed E-state index contributed by atoms with van der Waals surface area (Å²) in [5, 5.41) is 34.4. The van der Waals surface area contributed by atoms with Crippen molar-refractivity contribution >= 4 is 41.0 Å². The lowest BCUT2D eigenvalue weighted by molar-refractivity contribution is -0.119. The van der Waals surface area contributed by atoms with Crippen molar-refractivity contribution in [3.8, 4) is 0 Å². The molecule has 3 aliphatic heterocycles. The van der Waals surface area contributed by atoms with E-state index in [1.165, 1.54) is 11.2 Å². The van der Waals surface area contributed by atoms with Crippen LogP contribution in [0.15, 0.2) is 40.4 Å². The summed E-state index contributed by atoms with van der Waals surface area (Å²) < 4.78 is 10.9. The molecule has 5 atom stereocenters. The Balaban J connectivity index is 1.13. The number of hydrogen-bond acceptors (Lipinski definition) is 9. The van der Waals surface area contributed by atoms with E-state index >= 15 is 0 Å². The highest BCUT2D eigenvalue weighted by Gasteiger charge is 2.50. The van der Waals surface area contributed by atoms with Gasteiger partial charge >= 0.3 is 6.09 Å². The van der Waals surface area contributed by atoms with Crippen molar-refractivity contribution in [2.75, 3.05) is 13.2 Å². The fourth-order valence-electron chi connectivity index (χ4n) is 4.18. The third-order valence-electron chi connectivity index (χ3n) is 5.89. The summed E-state index contributed by atoms with van der Waals surface area (Å²) in [7, 11) is 0. The molecule has 4 heterocycles. The average Bonchev–Trinajstić information content (AvgIpc) is 3.50. The van der Waals surface area contributed by atoms with E-state index < -0.39 is 42.6 Å². The van der Waals surface area contributed by atoms with Crippen LogP contribution < -0.4 is 10.6 Å². The summed E-state index contributed by atoms with van der Waals surface area (Å²) in [4.78, 5) is 36.5. The second-order valence-corrected chi connectivity index (χ2v) is 8.06. The number of H-pyrrole nitrogens is 1. The van der Waals surface area contributed by atoms with Crippen molar-refractivity contribution in [3.63, 3.8) is 0 Å².